The molecule has 0 bridgehead atoms. The minimum atomic E-state index is -0.395. The Morgan fingerprint density at radius 2 is 1.97 bits per heavy atom. The van der Waals surface area contributed by atoms with E-state index in [0.717, 1.165) is 30.9 Å². The van der Waals surface area contributed by atoms with Gasteiger partial charge in [0.05, 0.1) is 12.2 Å². The van der Waals surface area contributed by atoms with Crippen LogP contribution in [0.2, 0.25) is 0 Å². The summed E-state index contributed by atoms with van der Waals surface area (Å²) >= 11 is 0. The van der Waals surface area contributed by atoms with Crippen molar-refractivity contribution in [2.75, 3.05) is 44.7 Å². The molecule has 8 heteroatoms. The van der Waals surface area contributed by atoms with Crippen molar-refractivity contribution in [2.24, 2.45) is 0 Å². The van der Waals surface area contributed by atoms with E-state index < -0.39 is 6.04 Å². The van der Waals surface area contributed by atoms with Gasteiger partial charge in [-0.05, 0) is 44.5 Å². The SMILES string of the molecule is CCc1cc(CNC(=O)[C@H]2CN(C(=O)c3cccc(N4CCCC4)c3)CCN2C)on1. The summed E-state index contributed by atoms with van der Waals surface area (Å²) in [4.78, 5) is 32.1. The van der Waals surface area contributed by atoms with Crippen molar-refractivity contribution in [3.05, 3.63) is 47.3 Å². The molecule has 1 aromatic heterocycles. The van der Waals surface area contributed by atoms with E-state index in [4.69, 9.17) is 4.52 Å². The van der Waals surface area contributed by atoms with E-state index >= 15 is 0 Å². The highest BCUT2D eigenvalue weighted by molar-refractivity contribution is 5.96. The van der Waals surface area contributed by atoms with Gasteiger partial charge < -0.3 is 19.6 Å². The molecule has 2 aliphatic heterocycles. The van der Waals surface area contributed by atoms with Crippen molar-refractivity contribution in [1.82, 2.24) is 20.3 Å². The summed E-state index contributed by atoms with van der Waals surface area (Å²) in [6.45, 7) is 6.00. The van der Waals surface area contributed by atoms with Crippen LogP contribution in [-0.4, -0.2) is 72.6 Å². The summed E-state index contributed by atoms with van der Waals surface area (Å²) in [6.07, 6.45) is 3.18. The Balaban J connectivity index is 1.39. The Bertz CT molecular complexity index is 921. The van der Waals surface area contributed by atoms with E-state index in [2.05, 4.69) is 21.4 Å². The lowest BCUT2D eigenvalue weighted by molar-refractivity contribution is -0.127. The van der Waals surface area contributed by atoms with Gasteiger partial charge in [-0.15, -0.1) is 0 Å². The Morgan fingerprint density at radius 1 is 1.16 bits per heavy atom. The topological polar surface area (TPSA) is 81.9 Å². The average Bonchev–Trinajstić information content (AvgIpc) is 3.49. The number of piperazine rings is 1. The number of nitrogens with zero attached hydrogens (tertiary/aromatic N) is 4. The molecule has 2 amide bonds. The van der Waals surface area contributed by atoms with Gasteiger partial charge in [0.25, 0.3) is 5.91 Å². The van der Waals surface area contributed by atoms with Gasteiger partial charge in [0.2, 0.25) is 5.91 Å². The Kier molecular flexibility index (Phi) is 6.56. The molecule has 31 heavy (non-hydrogen) atoms. The van der Waals surface area contributed by atoms with Crippen molar-refractivity contribution >= 4 is 17.5 Å². The fourth-order valence-corrected chi connectivity index (χ4v) is 4.23. The first-order valence-electron chi connectivity index (χ1n) is 11.1. The number of carbonyl (C=O) groups is 2. The molecule has 2 fully saturated rings. The number of amides is 2. The van der Waals surface area contributed by atoms with Gasteiger partial charge in [0.1, 0.15) is 6.04 Å². The minimum Gasteiger partial charge on any atom is -0.372 e. The first-order valence-corrected chi connectivity index (χ1v) is 11.1. The highest BCUT2D eigenvalue weighted by atomic mass is 16.5. The van der Waals surface area contributed by atoms with Gasteiger partial charge in [0.15, 0.2) is 5.76 Å². The number of rotatable bonds is 6. The molecule has 2 aliphatic rings. The molecule has 0 aliphatic carbocycles. The number of likely N-dealkylation sites (N-methyl/N-ethyl adjacent to an activating group) is 1. The largest absolute Gasteiger partial charge is 0.372 e. The van der Waals surface area contributed by atoms with Crippen LogP contribution in [0, 0.1) is 0 Å². The molecule has 3 heterocycles. The molecular weight excluding hydrogens is 394 g/mol. The van der Waals surface area contributed by atoms with Crippen LogP contribution in [-0.2, 0) is 17.8 Å². The van der Waals surface area contributed by atoms with Crippen LogP contribution >= 0.6 is 0 Å². The lowest BCUT2D eigenvalue weighted by atomic mass is 10.1. The van der Waals surface area contributed by atoms with Crippen molar-refractivity contribution in [2.45, 2.75) is 38.8 Å². The van der Waals surface area contributed by atoms with E-state index in [1.165, 1.54) is 12.8 Å². The molecule has 2 saturated heterocycles. The van der Waals surface area contributed by atoms with Crippen LogP contribution in [0.15, 0.2) is 34.9 Å². The molecule has 4 rings (SSSR count). The van der Waals surface area contributed by atoms with Gasteiger partial charge in [-0.1, -0.05) is 18.1 Å². The second-order valence-electron chi connectivity index (χ2n) is 8.35. The highest BCUT2D eigenvalue weighted by Crippen LogP contribution is 2.22. The molecule has 166 valence electrons. The molecule has 0 spiro atoms. The fourth-order valence-electron chi connectivity index (χ4n) is 4.23. The number of aromatic nitrogens is 1. The Morgan fingerprint density at radius 3 is 2.71 bits per heavy atom. The van der Waals surface area contributed by atoms with E-state index in [-0.39, 0.29) is 11.8 Å². The summed E-state index contributed by atoms with van der Waals surface area (Å²) < 4.78 is 5.24. The van der Waals surface area contributed by atoms with E-state index in [1.54, 1.807) is 4.90 Å². The summed E-state index contributed by atoms with van der Waals surface area (Å²) in [5, 5.41) is 6.87. The maximum Gasteiger partial charge on any atom is 0.254 e. The molecule has 1 atom stereocenters. The molecule has 1 N–H and O–H groups in total. The van der Waals surface area contributed by atoms with E-state index in [9.17, 15) is 9.59 Å². The Hall–Kier alpha value is -2.87. The van der Waals surface area contributed by atoms with Crippen molar-refractivity contribution in [3.63, 3.8) is 0 Å². The summed E-state index contributed by atoms with van der Waals surface area (Å²) in [5.41, 5.74) is 2.65. The second-order valence-corrected chi connectivity index (χ2v) is 8.35. The number of aryl methyl sites for hydroxylation is 1. The van der Waals surface area contributed by atoms with Crippen molar-refractivity contribution in [1.29, 1.82) is 0 Å². The normalized spacial score (nSPS) is 19.6. The third kappa shape index (κ3) is 4.90. The predicted octanol–water partition coefficient (Wildman–Crippen LogP) is 1.91. The number of nitrogens with one attached hydrogen (secondary N) is 1. The fraction of sp³-hybridized carbons (Fsp3) is 0.522. The summed E-state index contributed by atoms with van der Waals surface area (Å²) in [7, 11) is 1.92. The zero-order valence-corrected chi connectivity index (χ0v) is 18.3. The van der Waals surface area contributed by atoms with Gasteiger partial charge in [-0.2, -0.15) is 0 Å². The van der Waals surface area contributed by atoms with Crippen molar-refractivity contribution in [3.8, 4) is 0 Å². The number of benzene rings is 1. The molecule has 0 radical (unpaired) electrons. The van der Waals surface area contributed by atoms with Crippen LogP contribution in [0.3, 0.4) is 0 Å². The molecule has 1 aromatic carbocycles. The van der Waals surface area contributed by atoms with Crippen LogP contribution < -0.4 is 10.2 Å². The highest BCUT2D eigenvalue weighted by Gasteiger charge is 2.32. The summed E-state index contributed by atoms with van der Waals surface area (Å²) in [6, 6.07) is 9.32. The van der Waals surface area contributed by atoms with Gasteiger partial charge >= 0.3 is 0 Å². The minimum absolute atomic E-state index is 0.0187. The van der Waals surface area contributed by atoms with Crippen LogP contribution in [0.4, 0.5) is 5.69 Å². The standard InChI is InChI=1S/C23H31N5O3/c1-3-18-14-20(31-25-18)15-24-22(29)21-16-28(12-11-26(21)2)23(30)17-7-6-8-19(13-17)27-9-4-5-10-27/h6-8,13-14,21H,3-5,9-12,15-16H2,1-2H3,(H,24,29)/t21-/m1/s1. The second kappa shape index (κ2) is 9.51. The zero-order chi connectivity index (χ0) is 21.8. The molecule has 0 saturated carbocycles. The molecule has 0 unspecified atom stereocenters. The third-order valence-corrected chi connectivity index (χ3v) is 6.21. The molecule has 8 nitrogen and oxygen atoms in total. The van der Waals surface area contributed by atoms with Gasteiger partial charge in [-0.25, -0.2) is 0 Å². The zero-order valence-electron chi connectivity index (χ0n) is 18.3. The quantitative estimate of drug-likeness (QED) is 0.761. The first kappa shape index (κ1) is 21.4. The monoisotopic (exact) mass is 425 g/mol. The van der Waals surface area contributed by atoms with Gasteiger partial charge in [0, 0.05) is 50.0 Å². The molecule has 2 aromatic rings. The van der Waals surface area contributed by atoms with Crippen LogP contribution in [0.1, 0.15) is 41.6 Å². The van der Waals surface area contributed by atoms with E-state index in [1.807, 2.05) is 43.1 Å². The predicted molar refractivity (Wildman–Crippen MR) is 118 cm³/mol. The van der Waals surface area contributed by atoms with Gasteiger partial charge in [-0.3, -0.25) is 14.5 Å². The van der Waals surface area contributed by atoms with Crippen LogP contribution in [0.5, 0.6) is 0 Å². The lowest BCUT2D eigenvalue weighted by Crippen LogP contribution is -2.58. The number of hydrogen-bond acceptors (Lipinski definition) is 6. The number of carbonyl (C=O) groups excluding carboxylic acids is 2. The maximum atomic E-state index is 13.2. The van der Waals surface area contributed by atoms with Crippen LogP contribution in [0.25, 0.3) is 0 Å². The average molecular weight is 426 g/mol. The Labute approximate surface area is 183 Å². The molecular formula is C23H31N5O3. The number of hydrogen-bond donors (Lipinski definition) is 1. The maximum absolute atomic E-state index is 13.2. The smallest absolute Gasteiger partial charge is 0.254 e. The number of anilines is 1. The lowest BCUT2D eigenvalue weighted by Gasteiger charge is -2.38. The summed E-state index contributed by atoms with van der Waals surface area (Å²) in [5.74, 6) is 0.505. The van der Waals surface area contributed by atoms with E-state index in [0.29, 0.717) is 37.5 Å². The van der Waals surface area contributed by atoms with Crippen molar-refractivity contribution < 1.29 is 14.1 Å². The third-order valence-electron chi connectivity index (χ3n) is 6.21. The first-order chi connectivity index (χ1) is 15.0.